The number of carboxylic acid groups (broad SMARTS) is 1. The number of nitrogens with one attached hydrogen (secondary N) is 1. The number of carbonyl (C=O) groups excluding carboxylic acids is 1. The van der Waals surface area contributed by atoms with Crippen LogP contribution in [0.1, 0.15) is 32.6 Å². The van der Waals surface area contributed by atoms with Gasteiger partial charge >= 0.3 is 5.97 Å². The molecule has 0 aromatic rings. The van der Waals surface area contributed by atoms with Gasteiger partial charge < -0.3 is 15.2 Å². The first-order chi connectivity index (χ1) is 8.59. The summed E-state index contributed by atoms with van der Waals surface area (Å²) in [6.07, 6.45) is 2.97. The van der Waals surface area contributed by atoms with Crippen molar-refractivity contribution in [3.8, 4) is 0 Å². The Morgan fingerprint density at radius 2 is 1.94 bits per heavy atom. The Morgan fingerprint density at radius 1 is 1.22 bits per heavy atom. The van der Waals surface area contributed by atoms with Gasteiger partial charge in [0.2, 0.25) is 5.91 Å². The van der Waals surface area contributed by atoms with E-state index in [0.29, 0.717) is 32.0 Å². The Hall–Kier alpha value is -1.10. The van der Waals surface area contributed by atoms with Crippen LogP contribution in [0.3, 0.4) is 0 Å². The number of hydrogen-bond donors (Lipinski definition) is 2. The van der Waals surface area contributed by atoms with Gasteiger partial charge in [0.1, 0.15) is 0 Å². The fraction of sp³-hybridized carbons (Fsp3) is 0.846. The minimum atomic E-state index is -0.840. The Bertz CT molecular complexity index is 331. The monoisotopic (exact) mass is 255 g/mol. The van der Waals surface area contributed by atoms with Gasteiger partial charge in [-0.2, -0.15) is 0 Å². The van der Waals surface area contributed by atoms with Gasteiger partial charge in [-0.3, -0.25) is 9.59 Å². The van der Waals surface area contributed by atoms with E-state index in [1.807, 2.05) is 6.92 Å². The lowest BCUT2D eigenvalue weighted by Gasteiger charge is -2.31. The number of ether oxygens (including phenoxy) is 1. The molecule has 4 atom stereocenters. The summed E-state index contributed by atoms with van der Waals surface area (Å²) in [4.78, 5) is 23.2. The van der Waals surface area contributed by atoms with Gasteiger partial charge in [-0.25, -0.2) is 0 Å². The summed E-state index contributed by atoms with van der Waals surface area (Å²) < 4.78 is 5.33. The zero-order valence-corrected chi connectivity index (χ0v) is 10.7. The second kappa shape index (κ2) is 5.69. The number of carbonyl (C=O) groups is 2. The normalized spacial score (nSPS) is 36.3. The summed E-state index contributed by atoms with van der Waals surface area (Å²) >= 11 is 0. The fourth-order valence-corrected chi connectivity index (χ4v) is 2.95. The molecule has 1 aliphatic carbocycles. The molecule has 5 heteroatoms. The van der Waals surface area contributed by atoms with Crippen LogP contribution in [-0.2, 0) is 14.3 Å². The molecule has 1 saturated heterocycles. The minimum absolute atomic E-state index is 0.0846. The molecule has 0 aromatic heterocycles. The second-order valence-corrected chi connectivity index (χ2v) is 5.44. The van der Waals surface area contributed by atoms with Crippen LogP contribution in [0, 0.1) is 17.8 Å². The number of carboxylic acids is 1. The molecule has 5 nitrogen and oxygen atoms in total. The van der Waals surface area contributed by atoms with Gasteiger partial charge in [-0.05, 0) is 25.2 Å². The second-order valence-electron chi connectivity index (χ2n) is 5.44. The number of amides is 1. The van der Waals surface area contributed by atoms with E-state index in [4.69, 9.17) is 9.84 Å². The molecule has 1 amide bonds. The highest BCUT2D eigenvalue weighted by Crippen LogP contribution is 2.32. The van der Waals surface area contributed by atoms with Crippen molar-refractivity contribution in [3.63, 3.8) is 0 Å². The first kappa shape index (κ1) is 13.3. The van der Waals surface area contributed by atoms with Crippen LogP contribution in [0.2, 0.25) is 0 Å². The summed E-state index contributed by atoms with van der Waals surface area (Å²) in [6, 6.07) is 0.126. The fourth-order valence-electron chi connectivity index (χ4n) is 2.95. The van der Waals surface area contributed by atoms with Gasteiger partial charge in [0.05, 0.1) is 18.4 Å². The van der Waals surface area contributed by atoms with E-state index in [9.17, 15) is 9.59 Å². The molecule has 2 N–H and O–H groups in total. The quantitative estimate of drug-likeness (QED) is 0.789. The highest BCUT2D eigenvalue weighted by Gasteiger charge is 2.38. The summed E-state index contributed by atoms with van der Waals surface area (Å²) in [7, 11) is 0. The molecule has 1 aliphatic heterocycles. The van der Waals surface area contributed by atoms with Crippen LogP contribution in [0.15, 0.2) is 0 Å². The number of rotatable bonds is 3. The zero-order chi connectivity index (χ0) is 13.1. The van der Waals surface area contributed by atoms with E-state index in [1.54, 1.807) is 0 Å². The molecule has 0 spiro atoms. The summed E-state index contributed by atoms with van der Waals surface area (Å²) in [5, 5.41) is 12.1. The third-order valence-corrected chi connectivity index (χ3v) is 4.14. The molecule has 18 heavy (non-hydrogen) atoms. The van der Waals surface area contributed by atoms with Crippen LogP contribution in [-0.4, -0.2) is 36.2 Å². The lowest BCUT2D eigenvalue weighted by Crippen LogP contribution is -2.47. The van der Waals surface area contributed by atoms with E-state index in [-0.39, 0.29) is 17.9 Å². The van der Waals surface area contributed by atoms with Gasteiger partial charge in [0.15, 0.2) is 0 Å². The van der Waals surface area contributed by atoms with E-state index in [2.05, 4.69) is 5.32 Å². The highest BCUT2D eigenvalue weighted by molar-refractivity contribution is 5.85. The molecule has 2 fully saturated rings. The van der Waals surface area contributed by atoms with Gasteiger partial charge in [0, 0.05) is 12.6 Å². The molecule has 0 aromatic carbocycles. The molecule has 1 heterocycles. The van der Waals surface area contributed by atoms with E-state index in [1.165, 1.54) is 0 Å². The lowest BCUT2D eigenvalue weighted by atomic mass is 9.92. The first-order valence-electron chi connectivity index (χ1n) is 6.70. The molecule has 1 saturated carbocycles. The number of aliphatic carboxylic acids is 1. The molecule has 102 valence electrons. The van der Waals surface area contributed by atoms with Crippen LogP contribution in [0.25, 0.3) is 0 Å². The van der Waals surface area contributed by atoms with Crippen LogP contribution in [0.5, 0.6) is 0 Å². The summed E-state index contributed by atoms with van der Waals surface area (Å²) in [5.74, 6) is -1.48. The predicted octanol–water partition coefficient (Wildman–Crippen LogP) is 1.03. The lowest BCUT2D eigenvalue weighted by molar-refractivity contribution is -0.146. The maximum absolute atomic E-state index is 12.2. The maximum atomic E-state index is 12.2. The van der Waals surface area contributed by atoms with Crippen molar-refractivity contribution in [1.82, 2.24) is 5.32 Å². The Balaban J connectivity index is 1.92. The van der Waals surface area contributed by atoms with Crippen LogP contribution >= 0.6 is 0 Å². The topological polar surface area (TPSA) is 75.6 Å². The van der Waals surface area contributed by atoms with Gasteiger partial charge in [-0.1, -0.05) is 13.3 Å². The molecule has 2 rings (SSSR count). The largest absolute Gasteiger partial charge is 0.481 e. The molecule has 0 bridgehead atoms. The standard InChI is InChI=1S/C13H21NO4/c1-8-7-18-6-5-11(8)14-12(15)9-3-2-4-10(9)13(16)17/h8-11H,2-7H2,1H3,(H,14,15)(H,16,17). The van der Waals surface area contributed by atoms with Gasteiger partial charge in [-0.15, -0.1) is 0 Å². The number of hydrogen-bond acceptors (Lipinski definition) is 3. The molecule has 4 unspecified atom stereocenters. The third-order valence-electron chi connectivity index (χ3n) is 4.14. The molecular formula is C13H21NO4. The van der Waals surface area contributed by atoms with E-state index < -0.39 is 11.9 Å². The average Bonchev–Trinajstić information content (AvgIpc) is 2.81. The van der Waals surface area contributed by atoms with Crippen molar-refractivity contribution >= 4 is 11.9 Å². The molecular weight excluding hydrogens is 234 g/mol. The SMILES string of the molecule is CC1COCCC1NC(=O)C1CCCC1C(=O)O. The Kier molecular flexibility index (Phi) is 4.22. The third kappa shape index (κ3) is 2.83. The van der Waals surface area contributed by atoms with Crippen molar-refractivity contribution in [3.05, 3.63) is 0 Å². The van der Waals surface area contributed by atoms with Crippen molar-refractivity contribution in [2.75, 3.05) is 13.2 Å². The molecule has 2 aliphatic rings. The molecule has 0 radical (unpaired) electrons. The predicted molar refractivity (Wildman–Crippen MR) is 65.0 cm³/mol. The van der Waals surface area contributed by atoms with Gasteiger partial charge in [0.25, 0.3) is 0 Å². The zero-order valence-electron chi connectivity index (χ0n) is 10.7. The van der Waals surface area contributed by atoms with Crippen molar-refractivity contribution in [2.45, 2.75) is 38.6 Å². The summed E-state index contributed by atoms with van der Waals surface area (Å²) in [6.45, 7) is 3.38. The van der Waals surface area contributed by atoms with Crippen LogP contribution < -0.4 is 5.32 Å². The Labute approximate surface area is 107 Å². The van der Waals surface area contributed by atoms with E-state index >= 15 is 0 Å². The smallest absolute Gasteiger partial charge is 0.307 e. The van der Waals surface area contributed by atoms with E-state index in [0.717, 1.165) is 12.8 Å². The van der Waals surface area contributed by atoms with Crippen molar-refractivity contribution in [1.29, 1.82) is 0 Å². The van der Waals surface area contributed by atoms with Crippen molar-refractivity contribution < 1.29 is 19.4 Å². The minimum Gasteiger partial charge on any atom is -0.481 e. The average molecular weight is 255 g/mol. The van der Waals surface area contributed by atoms with Crippen LogP contribution in [0.4, 0.5) is 0 Å². The first-order valence-corrected chi connectivity index (χ1v) is 6.70. The van der Waals surface area contributed by atoms with Crippen molar-refractivity contribution in [2.24, 2.45) is 17.8 Å². The maximum Gasteiger partial charge on any atom is 0.307 e. The Morgan fingerprint density at radius 3 is 2.61 bits per heavy atom. The highest BCUT2D eigenvalue weighted by atomic mass is 16.5. The summed E-state index contributed by atoms with van der Waals surface area (Å²) in [5.41, 5.74) is 0.